The Morgan fingerprint density at radius 2 is 1.65 bits per heavy atom. The van der Waals surface area contributed by atoms with Crippen LogP contribution in [0.3, 0.4) is 0 Å². The van der Waals surface area contributed by atoms with Gasteiger partial charge < -0.3 is 24.5 Å². The lowest BCUT2D eigenvalue weighted by Gasteiger charge is -2.14. The van der Waals surface area contributed by atoms with Crippen LogP contribution in [-0.4, -0.2) is 37.2 Å². The second-order valence-electron chi connectivity index (χ2n) is 5.38. The fourth-order valence-electron chi connectivity index (χ4n) is 2.53. The first-order valence-electron chi connectivity index (χ1n) is 7.88. The van der Waals surface area contributed by atoms with Gasteiger partial charge in [-0.1, -0.05) is 30.3 Å². The molecule has 134 valence electrons. The molecule has 2 aromatic carbocycles. The Labute approximate surface area is 150 Å². The summed E-state index contributed by atoms with van der Waals surface area (Å²) in [5, 5.41) is 2.80. The smallest absolute Gasteiger partial charge is 0.273 e. The molecule has 1 heterocycles. The summed E-state index contributed by atoms with van der Waals surface area (Å²) in [5.41, 5.74) is 1.76. The molecule has 3 aromatic rings. The quantitative estimate of drug-likeness (QED) is 0.710. The average Bonchev–Trinajstić information content (AvgIpc) is 3.18. The molecule has 0 fully saturated rings. The first-order valence-corrected chi connectivity index (χ1v) is 7.88. The van der Waals surface area contributed by atoms with Crippen molar-refractivity contribution in [1.82, 2.24) is 9.97 Å². The van der Waals surface area contributed by atoms with E-state index in [-0.39, 0.29) is 5.91 Å². The number of aromatic nitrogens is 2. The van der Waals surface area contributed by atoms with Crippen LogP contribution in [0.5, 0.6) is 17.2 Å². The van der Waals surface area contributed by atoms with E-state index in [0.29, 0.717) is 34.5 Å². The number of rotatable bonds is 6. The Morgan fingerprint density at radius 3 is 2.23 bits per heavy atom. The molecule has 7 heteroatoms. The van der Waals surface area contributed by atoms with Crippen molar-refractivity contribution in [3.05, 3.63) is 54.4 Å². The van der Waals surface area contributed by atoms with E-state index >= 15 is 0 Å². The zero-order valence-corrected chi connectivity index (χ0v) is 14.7. The molecule has 0 unspecified atom stereocenters. The van der Waals surface area contributed by atoms with Crippen LogP contribution in [0.2, 0.25) is 0 Å². The highest BCUT2D eigenvalue weighted by molar-refractivity contribution is 6.03. The maximum absolute atomic E-state index is 12.5. The predicted molar refractivity (Wildman–Crippen MR) is 98.1 cm³/mol. The standard InChI is InChI=1S/C19H19N3O4/c1-24-15-9-13(10-16(25-2)17(15)26-3)21-19(23)14-11-20-18(22-14)12-7-5-4-6-8-12/h4-11H,1-3H3,(H,20,22)(H,21,23). The van der Waals surface area contributed by atoms with Crippen molar-refractivity contribution < 1.29 is 19.0 Å². The summed E-state index contributed by atoms with van der Waals surface area (Å²) in [4.78, 5) is 19.8. The normalized spacial score (nSPS) is 10.3. The van der Waals surface area contributed by atoms with Crippen LogP contribution in [0.15, 0.2) is 48.7 Å². The first kappa shape index (κ1) is 17.3. The number of amides is 1. The molecule has 0 aliphatic heterocycles. The van der Waals surface area contributed by atoms with Crippen molar-refractivity contribution in [2.75, 3.05) is 26.6 Å². The third kappa shape index (κ3) is 3.46. The average molecular weight is 353 g/mol. The summed E-state index contributed by atoms with van der Waals surface area (Å²) in [6, 6.07) is 12.9. The number of imidazole rings is 1. The van der Waals surface area contributed by atoms with Crippen LogP contribution in [-0.2, 0) is 0 Å². The van der Waals surface area contributed by atoms with Crippen LogP contribution in [0.4, 0.5) is 5.69 Å². The molecule has 0 saturated heterocycles. The Bertz CT molecular complexity index is 881. The van der Waals surface area contributed by atoms with E-state index in [2.05, 4.69) is 15.3 Å². The molecule has 7 nitrogen and oxygen atoms in total. The summed E-state index contributed by atoms with van der Waals surface area (Å²) < 4.78 is 15.9. The maximum atomic E-state index is 12.5. The van der Waals surface area contributed by atoms with Crippen LogP contribution in [0.25, 0.3) is 11.4 Å². The second kappa shape index (κ2) is 7.60. The summed E-state index contributed by atoms with van der Waals surface area (Å²) >= 11 is 0. The number of carbonyl (C=O) groups is 1. The van der Waals surface area contributed by atoms with E-state index in [1.807, 2.05) is 30.3 Å². The van der Waals surface area contributed by atoms with Crippen LogP contribution in [0.1, 0.15) is 10.5 Å². The van der Waals surface area contributed by atoms with E-state index < -0.39 is 0 Å². The molecule has 1 aromatic heterocycles. The Morgan fingerprint density at radius 1 is 1.00 bits per heavy atom. The number of H-pyrrole nitrogens is 1. The minimum absolute atomic E-state index is 0.325. The zero-order chi connectivity index (χ0) is 18.5. The number of anilines is 1. The molecule has 26 heavy (non-hydrogen) atoms. The topological polar surface area (TPSA) is 85.5 Å². The molecular formula is C19H19N3O4. The fraction of sp³-hybridized carbons (Fsp3) is 0.158. The highest BCUT2D eigenvalue weighted by atomic mass is 16.5. The number of nitrogens with one attached hydrogen (secondary N) is 2. The predicted octanol–water partition coefficient (Wildman–Crippen LogP) is 3.35. The number of hydrogen-bond donors (Lipinski definition) is 2. The van der Waals surface area contributed by atoms with E-state index in [9.17, 15) is 4.79 Å². The molecule has 1 amide bonds. The van der Waals surface area contributed by atoms with Gasteiger partial charge in [-0.25, -0.2) is 4.98 Å². The number of benzene rings is 2. The Balaban J connectivity index is 1.83. The van der Waals surface area contributed by atoms with Crippen molar-refractivity contribution in [1.29, 1.82) is 0 Å². The van der Waals surface area contributed by atoms with Gasteiger partial charge in [0, 0.05) is 23.4 Å². The van der Waals surface area contributed by atoms with Gasteiger partial charge in [0.25, 0.3) is 5.91 Å². The molecule has 0 radical (unpaired) electrons. The number of carbonyl (C=O) groups excluding carboxylic acids is 1. The SMILES string of the molecule is COc1cc(NC(=O)c2cnc(-c3ccccc3)[nH]2)cc(OC)c1OC. The van der Waals surface area contributed by atoms with Crippen molar-refractivity contribution >= 4 is 11.6 Å². The van der Waals surface area contributed by atoms with Gasteiger partial charge in [0.15, 0.2) is 11.5 Å². The van der Waals surface area contributed by atoms with Gasteiger partial charge in [0.05, 0.1) is 27.5 Å². The monoisotopic (exact) mass is 353 g/mol. The lowest BCUT2D eigenvalue weighted by atomic mass is 10.2. The molecule has 3 rings (SSSR count). The molecule has 0 aliphatic rings. The largest absolute Gasteiger partial charge is 0.493 e. The van der Waals surface area contributed by atoms with Crippen LogP contribution in [0, 0.1) is 0 Å². The molecule has 2 N–H and O–H groups in total. The maximum Gasteiger partial charge on any atom is 0.273 e. The van der Waals surface area contributed by atoms with Crippen molar-refractivity contribution in [2.24, 2.45) is 0 Å². The Hall–Kier alpha value is -3.48. The van der Waals surface area contributed by atoms with Gasteiger partial charge in [-0.15, -0.1) is 0 Å². The lowest BCUT2D eigenvalue weighted by molar-refractivity contribution is 0.102. The van der Waals surface area contributed by atoms with Crippen molar-refractivity contribution in [3.63, 3.8) is 0 Å². The summed E-state index contributed by atoms with van der Waals surface area (Å²) in [6.07, 6.45) is 1.50. The van der Waals surface area contributed by atoms with Gasteiger partial charge in [0.2, 0.25) is 5.75 Å². The number of hydrogen-bond acceptors (Lipinski definition) is 5. The van der Waals surface area contributed by atoms with Gasteiger partial charge in [-0.2, -0.15) is 0 Å². The fourth-order valence-corrected chi connectivity index (χ4v) is 2.53. The third-order valence-electron chi connectivity index (χ3n) is 3.79. The molecular weight excluding hydrogens is 334 g/mol. The van der Waals surface area contributed by atoms with Crippen molar-refractivity contribution in [2.45, 2.75) is 0 Å². The summed E-state index contributed by atoms with van der Waals surface area (Å²) in [5.74, 6) is 1.67. The van der Waals surface area contributed by atoms with Gasteiger partial charge in [0.1, 0.15) is 11.5 Å². The minimum atomic E-state index is -0.325. The van der Waals surface area contributed by atoms with E-state index in [4.69, 9.17) is 14.2 Å². The van der Waals surface area contributed by atoms with E-state index in [0.717, 1.165) is 5.56 Å². The minimum Gasteiger partial charge on any atom is -0.493 e. The van der Waals surface area contributed by atoms with Crippen LogP contribution >= 0.6 is 0 Å². The number of nitrogens with zero attached hydrogens (tertiary/aromatic N) is 1. The molecule has 0 bridgehead atoms. The second-order valence-corrected chi connectivity index (χ2v) is 5.38. The zero-order valence-electron chi connectivity index (χ0n) is 14.7. The summed E-state index contributed by atoms with van der Waals surface area (Å²) in [7, 11) is 4.56. The van der Waals surface area contributed by atoms with Crippen molar-refractivity contribution in [3.8, 4) is 28.6 Å². The van der Waals surface area contributed by atoms with Gasteiger partial charge in [-0.05, 0) is 0 Å². The van der Waals surface area contributed by atoms with Gasteiger partial charge >= 0.3 is 0 Å². The van der Waals surface area contributed by atoms with E-state index in [1.54, 1.807) is 12.1 Å². The number of aromatic amines is 1. The lowest BCUT2D eigenvalue weighted by Crippen LogP contribution is -2.12. The molecule has 0 spiro atoms. The Kier molecular flexibility index (Phi) is 5.07. The molecule has 0 saturated carbocycles. The first-order chi connectivity index (χ1) is 12.7. The molecule has 0 aliphatic carbocycles. The number of methoxy groups -OCH3 is 3. The summed E-state index contributed by atoms with van der Waals surface area (Å²) in [6.45, 7) is 0. The van der Waals surface area contributed by atoms with Gasteiger partial charge in [-0.3, -0.25) is 4.79 Å². The van der Waals surface area contributed by atoms with Crippen LogP contribution < -0.4 is 19.5 Å². The molecule has 0 atom stereocenters. The third-order valence-corrected chi connectivity index (χ3v) is 3.79. The highest BCUT2D eigenvalue weighted by Gasteiger charge is 2.16. The number of ether oxygens (including phenoxy) is 3. The highest BCUT2D eigenvalue weighted by Crippen LogP contribution is 2.40. The van der Waals surface area contributed by atoms with E-state index in [1.165, 1.54) is 27.5 Å².